The summed E-state index contributed by atoms with van der Waals surface area (Å²) in [4.78, 5) is 13.8. The fraction of sp³-hybridized carbons (Fsp3) is 0.393. The summed E-state index contributed by atoms with van der Waals surface area (Å²) >= 11 is 1.02. The number of fused-ring (bicyclic) bond motifs is 1. The van der Waals surface area contributed by atoms with E-state index in [2.05, 4.69) is 32.5 Å². The fourth-order valence-electron chi connectivity index (χ4n) is 4.64. The van der Waals surface area contributed by atoms with E-state index in [9.17, 15) is 35.5 Å². The number of halogens is 7. The van der Waals surface area contributed by atoms with E-state index in [0.29, 0.717) is 28.7 Å². The zero-order valence-electron chi connectivity index (χ0n) is 22.5. The topological polar surface area (TPSA) is 65.6 Å². The molecule has 0 saturated carbocycles. The van der Waals surface area contributed by atoms with Gasteiger partial charge in [-0.05, 0) is 36.6 Å². The quantitative estimate of drug-likeness (QED) is 0.213. The van der Waals surface area contributed by atoms with E-state index in [4.69, 9.17) is 0 Å². The lowest BCUT2D eigenvalue weighted by molar-refractivity contribution is -0.127. The molecular formula is C28H27F7N4O2S. The molecule has 14 heteroatoms. The molecule has 4 rings (SSSR count). The number of benzene rings is 2. The molecule has 2 atom stereocenters. The van der Waals surface area contributed by atoms with Crippen molar-refractivity contribution in [1.82, 2.24) is 10.2 Å². The second-order valence-electron chi connectivity index (χ2n) is 9.64. The predicted octanol–water partition coefficient (Wildman–Crippen LogP) is 6.02. The lowest BCUT2D eigenvalue weighted by Gasteiger charge is -2.33. The minimum absolute atomic E-state index is 0.0403. The number of hydrogen-bond acceptors (Lipinski definition) is 6. The largest absolute Gasteiger partial charge is 0.433 e. The first kappa shape index (κ1) is 31.2. The predicted molar refractivity (Wildman–Crippen MR) is 148 cm³/mol. The highest BCUT2D eigenvalue weighted by Crippen LogP contribution is 2.39. The Morgan fingerprint density at radius 1 is 1.24 bits per heavy atom. The summed E-state index contributed by atoms with van der Waals surface area (Å²) in [7, 11) is 3.05. The highest BCUT2D eigenvalue weighted by atomic mass is 32.1. The molecule has 2 unspecified atom stereocenters. The van der Waals surface area contributed by atoms with E-state index in [1.165, 1.54) is 7.05 Å². The van der Waals surface area contributed by atoms with Crippen LogP contribution < -0.4 is 20.7 Å². The molecular weight excluding hydrogens is 589 g/mol. The molecule has 3 N–H and O–H groups in total. The number of likely N-dealkylation sites (tertiary alicyclic amines) is 1. The number of rotatable bonds is 8. The van der Waals surface area contributed by atoms with Gasteiger partial charge >= 0.3 is 12.8 Å². The Labute approximate surface area is 241 Å². The minimum Gasteiger partial charge on any atom is -0.433 e. The molecule has 1 aromatic heterocycles. The third-order valence-electron chi connectivity index (χ3n) is 6.61. The molecule has 0 aliphatic carbocycles. The molecule has 2 aromatic carbocycles. The van der Waals surface area contributed by atoms with E-state index in [0.717, 1.165) is 23.5 Å². The number of thiophene rings is 1. The van der Waals surface area contributed by atoms with Gasteiger partial charge in [0.2, 0.25) is 0 Å². The molecule has 1 amide bonds. The number of amides is 1. The maximum Gasteiger partial charge on any atom is 0.393 e. The van der Waals surface area contributed by atoms with Crippen LogP contribution in [0.3, 0.4) is 0 Å². The van der Waals surface area contributed by atoms with Crippen molar-refractivity contribution in [3.05, 3.63) is 52.2 Å². The first-order valence-electron chi connectivity index (χ1n) is 12.8. The standard InChI is InChI=1S/C28H27F7N4O2S/c1-36-26(40)16-11-23(41-27(31)32)22(12-18(16)29)37-9-4-7-24-17(13-28(33,34)35)15-5-3-6-21(25(15)42-24)38-20-8-10-39(2)14-19(20)30/h3,5-6,11-12,19-20,27,37-38H,8-10,13-14H2,1-2H3,(H,36,40). The van der Waals surface area contributed by atoms with Gasteiger partial charge in [0.25, 0.3) is 5.91 Å². The average molecular weight is 617 g/mol. The number of piperidine rings is 1. The van der Waals surface area contributed by atoms with Gasteiger partial charge in [0, 0.05) is 26.2 Å². The second kappa shape index (κ2) is 13.1. The molecule has 0 radical (unpaired) electrons. The van der Waals surface area contributed by atoms with Crippen LogP contribution in [0.1, 0.15) is 27.2 Å². The first-order valence-corrected chi connectivity index (χ1v) is 13.6. The van der Waals surface area contributed by atoms with Gasteiger partial charge in [0.05, 0.1) is 45.5 Å². The Bertz CT molecular complexity index is 1500. The minimum atomic E-state index is -4.53. The summed E-state index contributed by atoms with van der Waals surface area (Å²) in [5.41, 5.74) is -0.283. The molecule has 1 fully saturated rings. The molecule has 3 aromatic rings. The van der Waals surface area contributed by atoms with Crippen LogP contribution in [0.2, 0.25) is 0 Å². The third kappa shape index (κ3) is 7.57. The van der Waals surface area contributed by atoms with Crippen LogP contribution in [0, 0.1) is 17.7 Å². The number of nitrogens with one attached hydrogen (secondary N) is 3. The van der Waals surface area contributed by atoms with Crippen molar-refractivity contribution >= 4 is 38.7 Å². The average Bonchev–Trinajstić information content (AvgIpc) is 3.25. The molecule has 1 aliphatic heterocycles. The van der Waals surface area contributed by atoms with Crippen molar-refractivity contribution in [3.63, 3.8) is 0 Å². The molecule has 0 spiro atoms. The van der Waals surface area contributed by atoms with Gasteiger partial charge in [0.15, 0.2) is 0 Å². The Morgan fingerprint density at radius 3 is 2.67 bits per heavy atom. The highest BCUT2D eigenvalue weighted by molar-refractivity contribution is 7.20. The number of carbonyl (C=O) groups excluding carboxylic acids is 1. The third-order valence-corrected chi connectivity index (χ3v) is 7.80. The molecule has 1 saturated heterocycles. The van der Waals surface area contributed by atoms with Gasteiger partial charge in [-0.25, -0.2) is 8.78 Å². The van der Waals surface area contributed by atoms with E-state index in [1.54, 1.807) is 18.2 Å². The molecule has 226 valence electrons. The smallest absolute Gasteiger partial charge is 0.393 e. The van der Waals surface area contributed by atoms with Crippen LogP contribution in [0.15, 0.2) is 30.3 Å². The van der Waals surface area contributed by atoms with Crippen LogP contribution in [0.5, 0.6) is 5.75 Å². The second-order valence-corrected chi connectivity index (χ2v) is 10.7. The molecule has 1 aliphatic rings. The van der Waals surface area contributed by atoms with Crippen LogP contribution in [0.4, 0.5) is 42.1 Å². The van der Waals surface area contributed by atoms with Crippen molar-refractivity contribution in [1.29, 1.82) is 0 Å². The van der Waals surface area contributed by atoms with Crippen molar-refractivity contribution < 1.29 is 40.3 Å². The van der Waals surface area contributed by atoms with Crippen LogP contribution in [0.25, 0.3) is 10.1 Å². The summed E-state index contributed by atoms with van der Waals surface area (Å²) in [5.74, 6) is 2.98. The maximum absolute atomic E-state index is 14.7. The number of carbonyl (C=O) groups is 1. The van der Waals surface area contributed by atoms with Crippen LogP contribution >= 0.6 is 11.3 Å². The molecule has 6 nitrogen and oxygen atoms in total. The van der Waals surface area contributed by atoms with E-state index >= 15 is 0 Å². The zero-order chi connectivity index (χ0) is 30.6. The van der Waals surface area contributed by atoms with Gasteiger partial charge in [-0.1, -0.05) is 24.0 Å². The van der Waals surface area contributed by atoms with Gasteiger partial charge in [-0.2, -0.15) is 22.0 Å². The summed E-state index contributed by atoms with van der Waals surface area (Å²) in [6.07, 6.45) is -6.41. The normalized spacial score (nSPS) is 17.6. The maximum atomic E-state index is 14.7. The Kier molecular flexibility index (Phi) is 9.73. The highest BCUT2D eigenvalue weighted by Gasteiger charge is 2.32. The van der Waals surface area contributed by atoms with Crippen molar-refractivity contribution in [2.45, 2.75) is 37.8 Å². The Hall–Kier alpha value is -3.70. The SMILES string of the molecule is CNC(=O)c1cc(OC(F)F)c(NCC#Cc2sc3c(NC4CCN(C)CC4F)cccc3c2CC(F)(F)F)cc1F. The lowest BCUT2D eigenvalue weighted by atomic mass is 10.0. The fourth-order valence-corrected chi connectivity index (χ4v) is 5.81. The number of anilines is 2. The summed E-state index contributed by atoms with van der Waals surface area (Å²) in [6.45, 7) is -2.64. The monoisotopic (exact) mass is 616 g/mol. The molecule has 2 heterocycles. The van der Waals surface area contributed by atoms with Crippen LogP contribution in [-0.4, -0.2) is 69.5 Å². The van der Waals surface area contributed by atoms with Crippen molar-refractivity contribution in [2.75, 3.05) is 44.4 Å². The van der Waals surface area contributed by atoms with Crippen molar-refractivity contribution in [3.8, 4) is 17.6 Å². The van der Waals surface area contributed by atoms with Crippen LogP contribution in [-0.2, 0) is 6.42 Å². The molecule has 0 bridgehead atoms. The summed E-state index contributed by atoms with van der Waals surface area (Å²) < 4.78 is 100. The first-order chi connectivity index (χ1) is 19.9. The van der Waals surface area contributed by atoms with Crippen molar-refractivity contribution in [2.24, 2.45) is 0 Å². The summed E-state index contributed by atoms with van der Waals surface area (Å²) in [6, 6.07) is 5.93. The number of ether oxygens (including phenoxy) is 1. The van der Waals surface area contributed by atoms with Gasteiger partial charge in [0.1, 0.15) is 17.7 Å². The lowest BCUT2D eigenvalue weighted by Crippen LogP contribution is -2.46. The van der Waals surface area contributed by atoms with Gasteiger partial charge in [-0.15, -0.1) is 11.3 Å². The van der Waals surface area contributed by atoms with E-state index < -0.39 is 54.5 Å². The number of hydrogen-bond donors (Lipinski definition) is 3. The van der Waals surface area contributed by atoms with E-state index in [-0.39, 0.29) is 29.2 Å². The van der Waals surface area contributed by atoms with Gasteiger partial charge in [-0.3, -0.25) is 4.79 Å². The summed E-state index contributed by atoms with van der Waals surface area (Å²) in [5, 5.41) is 8.29. The zero-order valence-corrected chi connectivity index (χ0v) is 23.3. The van der Waals surface area contributed by atoms with Gasteiger partial charge < -0.3 is 25.6 Å². The number of nitrogens with zero attached hydrogens (tertiary/aromatic N) is 1. The Morgan fingerprint density at radius 2 is 2.00 bits per heavy atom. The molecule has 42 heavy (non-hydrogen) atoms. The van der Waals surface area contributed by atoms with E-state index in [1.807, 2.05) is 11.9 Å². The number of alkyl halides is 6. The Balaban J connectivity index is 1.62.